The summed E-state index contributed by atoms with van der Waals surface area (Å²) in [5.41, 5.74) is 9.90. The Morgan fingerprint density at radius 2 is 1.64 bits per heavy atom. The minimum atomic E-state index is -0.426. The molecule has 2 aromatic heterocycles. The van der Waals surface area contributed by atoms with Gasteiger partial charge in [0.2, 0.25) is 0 Å². The van der Waals surface area contributed by atoms with Crippen LogP contribution in [-0.4, -0.2) is 16.2 Å². The summed E-state index contributed by atoms with van der Waals surface area (Å²) in [6.07, 6.45) is 0. The van der Waals surface area contributed by atoms with Crippen LogP contribution >= 0.6 is 0 Å². The highest BCUT2D eigenvalue weighted by Gasteiger charge is 2.14. The Bertz CT molecular complexity index is 1150. The third kappa shape index (κ3) is 3.48. The first-order chi connectivity index (χ1) is 13.5. The van der Waals surface area contributed by atoms with Crippen molar-refractivity contribution in [3.05, 3.63) is 66.1 Å². The van der Waals surface area contributed by atoms with Crippen molar-refractivity contribution in [2.75, 3.05) is 16.4 Å². The quantitative estimate of drug-likeness (QED) is 0.485. The minimum Gasteiger partial charge on any atom is -0.380 e. The largest absolute Gasteiger partial charge is 0.380 e. The lowest BCUT2D eigenvalue weighted by atomic mass is 10.0. The molecule has 0 radical (unpaired) electrons. The Hall–Kier alpha value is -3.94. The molecule has 0 aliphatic carbocycles. The van der Waals surface area contributed by atoms with Crippen LogP contribution in [0.3, 0.4) is 0 Å². The summed E-state index contributed by atoms with van der Waals surface area (Å²) in [6.45, 7) is 1.86. The molecule has 140 valence electrons. The van der Waals surface area contributed by atoms with Crippen molar-refractivity contribution >= 4 is 34.3 Å². The van der Waals surface area contributed by atoms with E-state index in [4.69, 9.17) is 10.3 Å². The number of benzene rings is 2. The summed E-state index contributed by atoms with van der Waals surface area (Å²) in [7, 11) is 0. The average Bonchev–Trinajstić information content (AvgIpc) is 3.04. The fourth-order valence-electron chi connectivity index (χ4n) is 2.88. The molecule has 4 aromatic rings. The average molecular weight is 377 g/mol. The normalized spacial score (nSPS) is 10.8. The molecule has 0 spiro atoms. The number of fused-ring (bicyclic) bond motifs is 1. The molecule has 0 unspecified atom stereocenters. The zero-order valence-electron chi connectivity index (χ0n) is 14.9. The summed E-state index contributed by atoms with van der Waals surface area (Å²) in [4.78, 5) is 16.4. The number of hydrogen-bond donors (Lipinski definition) is 3. The Kier molecular flexibility index (Phi) is 4.36. The van der Waals surface area contributed by atoms with Gasteiger partial charge < -0.3 is 20.9 Å². The summed E-state index contributed by atoms with van der Waals surface area (Å²) in [5, 5.41) is 9.79. The lowest BCUT2D eigenvalue weighted by molar-refractivity contribution is 0.262. The van der Waals surface area contributed by atoms with Crippen molar-refractivity contribution in [1.29, 1.82) is 0 Å². The number of carbonyl (C=O) groups excluding carboxylic acids is 1. The van der Waals surface area contributed by atoms with Crippen molar-refractivity contribution in [2.24, 2.45) is 0 Å². The fourth-order valence-corrected chi connectivity index (χ4v) is 2.88. The van der Waals surface area contributed by atoms with Crippen LogP contribution in [0.5, 0.6) is 0 Å². The minimum absolute atomic E-state index is 0.276. The number of anilines is 3. The molecule has 0 saturated heterocycles. The molecule has 2 heterocycles. The molecular weight excluding hydrogens is 361 g/mol. The van der Waals surface area contributed by atoms with Gasteiger partial charge in [-0.2, -0.15) is 0 Å². The molecule has 0 atom stereocenters. The third-order valence-corrected chi connectivity index (χ3v) is 4.16. The van der Waals surface area contributed by atoms with Crippen molar-refractivity contribution in [2.45, 2.75) is 6.92 Å². The van der Waals surface area contributed by atoms with E-state index in [0.29, 0.717) is 22.5 Å². The number of hydrogen-bond acceptors (Lipinski definition) is 5. The van der Waals surface area contributed by atoms with E-state index in [2.05, 4.69) is 20.8 Å². The van der Waals surface area contributed by atoms with Gasteiger partial charge in [-0.05, 0) is 55.0 Å². The van der Waals surface area contributed by atoms with Crippen LogP contribution in [0.4, 0.5) is 26.4 Å². The maximum Gasteiger partial charge on any atom is 0.323 e. The molecule has 0 saturated carbocycles. The highest BCUT2D eigenvalue weighted by molar-refractivity contribution is 6.01. The zero-order valence-corrected chi connectivity index (χ0v) is 14.9. The number of nitrogen functional groups attached to an aromatic ring is 1. The molecule has 28 heavy (non-hydrogen) atoms. The van der Waals surface area contributed by atoms with Gasteiger partial charge >= 0.3 is 6.03 Å². The van der Waals surface area contributed by atoms with Crippen LogP contribution in [0, 0.1) is 12.7 Å². The number of pyridine rings is 1. The summed E-state index contributed by atoms with van der Waals surface area (Å²) in [5.74, 6) is -0.0890. The number of rotatable bonds is 3. The van der Waals surface area contributed by atoms with Gasteiger partial charge in [-0.3, -0.25) is 0 Å². The number of nitrogens with one attached hydrogen (secondary N) is 2. The number of amides is 2. The van der Waals surface area contributed by atoms with Gasteiger partial charge in [0.15, 0.2) is 5.82 Å². The maximum absolute atomic E-state index is 12.9. The highest BCUT2D eigenvalue weighted by Crippen LogP contribution is 2.32. The Morgan fingerprint density at radius 1 is 1.04 bits per heavy atom. The maximum atomic E-state index is 12.9. The van der Waals surface area contributed by atoms with Gasteiger partial charge in [0, 0.05) is 22.6 Å². The van der Waals surface area contributed by atoms with E-state index in [1.54, 1.807) is 12.1 Å². The Labute approximate surface area is 159 Å². The Balaban J connectivity index is 1.54. The molecule has 0 bridgehead atoms. The second-order valence-electron chi connectivity index (χ2n) is 6.22. The van der Waals surface area contributed by atoms with Crippen LogP contribution in [-0.2, 0) is 0 Å². The summed E-state index contributed by atoms with van der Waals surface area (Å²) in [6, 6.07) is 14.2. The Morgan fingerprint density at radius 3 is 2.29 bits per heavy atom. The highest BCUT2D eigenvalue weighted by atomic mass is 19.1. The van der Waals surface area contributed by atoms with E-state index in [0.717, 1.165) is 16.8 Å². The first-order valence-electron chi connectivity index (χ1n) is 8.46. The van der Waals surface area contributed by atoms with Crippen LogP contribution in [0.25, 0.3) is 22.2 Å². The van der Waals surface area contributed by atoms with Gasteiger partial charge in [-0.15, -0.1) is 0 Å². The molecule has 0 aliphatic heterocycles. The number of nitrogens with zero attached hydrogens (tertiary/aromatic N) is 2. The number of aromatic nitrogens is 2. The molecule has 4 N–H and O–H groups in total. The summed E-state index contributed by atoms with van der Waals surface area (Å²) >= 11 is 0. The van der Waals surface area contributed by atoms with E-state index < -0.39 is 6.03 Å². The van der Waals surface area contributed by atoms with Gasteiger partial charge in [-0.25, -0.2) is 14.2 Å². The van der Waals surface area contributed by atoms with Gasteiger partial charge in [0.25, 0.3) is 5.71 Å². The lowest BCUT2D eigenvalue weighted by Gasteiger charge is -2.09. The fraction of sp³-hybridized carbons (Fsp3) is 0.0500. The number of carbonyl (C=O) groups is 1. The monoisotopic (exact) mass is 377 g/mol. The van der Waals surface area contributed by atoms with E-state index in [1.165, 1.54) is 24.3 Å². The molecule has 7 nitrogen and oxygen atoms in total. The van der Waals surface area contributed by atoms with Crippen LogP contribution in [0.1, 0.15) is 5.69 Å². The second-order valence-corrected chi connectivity index (χ2v) is 6.22. The van der Waals surface area contributed by atoms with Gasteiger partial charge in [0.1, 0.15) is 5.82 Å². The molecule has 0 fully saturated rings. The predicted octanol–water partition coefficient (Wildman–Crippen LogP) is 4.56. The smallest absolute Gasteiger partial charge is 0.323 e. The van der Waals surface area contributed by atoms with Gasteiger partial charge in [-0.1, -0.05) is 17.3 Å². The standard InChI is InChI=1S/C20H16FN5O2/c1-11-10-16(17-18(22)26-28-19(17)23-11)12-2-6-14(7-3-12)24-20(27)25-15-8-4-13(21)5-9-15/h2-10H,1H3,(H2,22,26)(H2,24,25,27). The molecule has 8 heteroatoms. The second kappa shape index (κ2) is 6.99. The van der Waals surface area contributed by atoms with Crippen molar-refractivity contribution < 1.29 is 13.7 Å². The van der Waals surface area contributed by atoms with E-state index in [-0.39, 0.29) is 11.6 Å². The molecule has 2 amide bonds. The number of halogens is 1. The molecule has 4 rings (SSSR count). The molecule has 0 aliphatic rings. The zero-order chi connectivity index (χ0) is 19.7. The van der Waals surface area contributed by atoms with E-state index in [1.807, 2.05) is 25.1 Å². The van der Waals surface area contributed by atoms with Crippen molar-refractivity contribution in [1.82, 2.24) is 10.1 Å². The lowest BCUT2D eigenvalue weighted by Crippen LogP contribution is -2.19. The number of aryl methyl sites for hydroxylation is 1. The van der Waals surface area contributed by atoms with Crippen molar-refractivity contribution in [3.8, 4) is 11.1 Å². The SMILES string of the molecule is Cc1cc(-c2ccc(NC(=O)Nc3ccc(F)cc3)cc2)c2c(N)noc2n1. The third-order valence-electron chi connectivity index (χ3n) is 4.16. The first kappa shape index (κ1) is 17.5. The molecular formula is C20H16FN5O2. The number of nitrogens with two attached hydrogens (primary N) is 1. The molecule has 2 aromatic carbocycles. The van der Waals surface area contributed by atoms with Crippen LogP contribution in [0.15, 0.2) is 59.1 Å². The van der Waals surface area contributed by atoms with Crippen LogP contribution < -0.4 is 16.4 Å². The number of urea groups is 1. The predicted molar refractivity (Wildman–Crippen MR) is 105 cm³/mol. The van der Waals surface area contributed by atoms with E-state index in [9.17, 15) is 9.18 Å². The topological polar surface area (TPSA) is 106 Å². The summed E-state index contributed by atoms with van der Waals surface area (Å²) < 4.78 is 18.1. The van der Waals surface area contributed by atoms with Gasteiger partial charge in [0.05, 0.1) is 5.39 Å². The van der Waals surface area contributed by atoms with E-state index >= 15 is 0 Å². The first-order valence-corrected chi connectivity index (χ1v) is 8.46. The van der Waals surface area contributed by atoms with Crippen molar-refractivity contribution in [3.63, 3.8) is 0 Å². The van der Waals surface area contributed by atoms with Crippen LogP contribution in [0.2, 0.25) is 0 Å².